The van der Waals surface area contributed by atoms with Crippen LogP contribution in [0, 0.1) is 0 Å². The highest BCUT2D eigenvalue weighted by Crippen LogP contribution is 2.36. The summed E-state index contributed by atoms with van der Waals surface area (Å²) in [6.07, 6.45) is 2.81. The fourth-order valence-corrected chi connectivity index (χ4v) is 3.05. The minimum Gasteiger partial charge on any atom is -0.480 e. The predicted octanol–water partition coefficient (Wildman–Crippen LogP) is -0.0861. The Labute approximate surface area is 95.8 Å². The van der Waals surface area contributed by atoms with Crippen LogP contribution in [0.3, 0.4) is 0 Å². The van der Waals surface area contributed by atoms with E-state index in [1.807, 2.05) is 0 Å². The van der Waals surface area contributed by atoms with Crippen molar-refractivity contribution in [2.45, 2.75) is 30.8 Å². The molecule has 0 radical (unpaired) electrons. The van der Waals surface area contributed by atoms with E-state index >= 15 is 0 Å². The van der Waals surface area contributed by atoms with Crippen LogP contribution in [0.25, 0.3) is 0 Å². The number of nitrogens with zero attached hydrogens (tertiary/aromatic N) is 1. The number of nitrogens with one attached hydrogen (secondary N) is 1. The Morgan fingerprint density at radius 3 is 3.12 bits per heavy atom. The van der Waals surface area contributed by atoms with E-state index < -0.39 is 11.5 Å². The zero-order chi connectivity index (χ0) is 11.6. The van der Waals surface area contributed by atoms with Crippen LogP contribution in [0.5, 0.6) is 0 Å². The zero-order valence-electron chi connectivity index (χ0n) is 9.74. The van der Waals surface area contributed by atoms with Gasteiger partial charge in [0, 0.05) is 26.2 Å². The molecule has 2 aliphatic rings. The van der Waals surface area contributed by atoms with Crippen LogP contribution in [0.4, 0.5) is 0 Å². The molecule has 0 bridgehead atoms. The number of carboxylic acid groups (broad SMARTS) is 1. The van der Waals surface area contributed by atoms with Gasteiger partial charge in [0.1, 0.15) is 5.54 Å². The minimum atomic E-state index is -0.741. The van der Waals surface area contributed by atoms with Crippen LogP contribution in [-0.2, 0) is 9.53 Å². The van der Waals surface area contributed by atoms with Crippen LogP contribution in [-0.4, -0.2) is 60.9 Å². The lowest BCUT2D eigenvalue weighted by Crippen LogP contribution is -2.59. The van der Waals surface area contributed by atoms with E-state index in [0.29, 0.717) is 19.6 Å². The van der Waals surface area contributed by atoms with Crippen molar-refractivity contribution in [2.24, 2.45) is 0 Å². The molecule has 0 aliphatic carbocycles. The first kappa shape index (κ1) is 11.8. The van der Waals surface area contributed by atoms with E-state index in [-0.39, 0.29) is 6.04 Å². The Morgan fingerprint density at radius 1 is 1.62 bits per heavy atom. The molecule has 0 amide bonds. The molecule has 2 unspecified atom stereocenters. The summed E-state index contributed by atoms with van der Waals surface area (Å²) in [5.74, 6) is -0.710. The van der Waals surface area contributed by atoms with Crippen LogP contribution in [0.1, 0.15) is 19.3 Å². The third-order valence-electron chi connectivity index (χ3n) is 3.85. The molecule has 0 aromatic heterocycles. The first-order valence-corrected chi connectivity index (χ1v) is 5.92. The van der Waals surface area contributed by atoms with Gasteiger partial charge in [0.05, 0.1) is 6.61 Å². The van der Waals surface area contributed by atoms with Crippen molar-refractivity contribution in [3.8, 4) is 0 Å². The van der Waals surface area contributed by atoms with E-state index in [0.717, 1.165) is 25.9 Å². The Hall–Kier alpha value is -0.650. The summed E-state index contributed by atoms with van der Waals surface area (Å²) in [6, 6.07) is 0.168. The van der Waals surface area contributed by atoms with Gasteiger partial charge in [0.15, 0.2) is 0 Å². The van der Waals surface area contributed by atoms with Gasteiger partial charge in [-0.2, -0.15) is 0 Å². The summed E-state index contributed by atoms with van der Waals surface area (Å²) in [7, 11) is 1.63. The molecule has 0 saturated carbocycles. The van der Waals surface area contributed by atoms with Gasteiger partial charge in [-0.1, -0.05) is 0 Å². The maximum absolute atomic E-state index is 11.5. The summed E-state index contributed by atoms with van der Waals surface area (Å²) in [4.78, 5) is 13.8. The summed E-state index contributed by atoms with van der Waals surface area (Å²) in [5, 5.41) is 12.7. The van der Waals surface area contributed by atoms with Crippen molar-refractivity contribution in [3.05, 3.63) is 0 Å². The van der Waals surface area contributed by atoms with Crippen molar-refractivity contribution in [3.63, 3.8) is 0 Å². The molecule has 2 heterocycles. The molecule has 5 heteroatoms. The molecular weight excluding hydrogens is 208 g/mol. The quantitative estimate of drug-likeness (QED) is 0.644. The Kier molecular flexibility index (Phi) is 3.47. The van der Waals surface area contributed by atoms with Gasteiger partial charge in [0.2, 0.25) is 0 Å². The van der Waals surface area contributed by atoms with Crippen molar-refractivity contribution < 1.29 is 14.6 Å². The number of rotatable bonds is 5. The lowest BCUT2D eigenvalue weighted by atomic mass is 9.88. The zero-order valence-corrected chi connectivity index (χ0v) is 9.74. The minimum absolute atomic E-state index is 0.168. The molecule has 2 rings (SSSR count). The molecule has 92 valence electrons. The van der Waals surface area contributed by atoms with Gasteiger partial charge in [-0.3, -0.25) is 15.0 Å². The highest BCUT2D eigenvalue weighted by Gasteiger charge is 2.53. The Bertz CT molecular complexity index is 272. The van der Waals surface area contributed by atoms with Crippen molar-refractivity contribution in [1.82, 2.24) is 10.2 Å². The molecule has 5 nitrogen and oxygen atoms in total. The van der Waals surface area contributed by atoms with E-state index in [4.69, 9.17) is 4.74 Å². The van der Waals surface area contributed by atoms with E-state index in [1.165, 1.54) is 0 Å². The number of ether oxygens (including phenoxy) is 1. The molecule has 2 atom stereocenters. The maximum atomic E-state index is 11.5. The summed E-state index contributed by atoms with van der Waals surface area (Å²) in [5.41, 5.74) is -0.741. The summed E-state index contributed by atoms with van der Waals surface area (Å²) < 4.78 is 4.97. The highest BCUT2D eigenvalue weighted by atomic mass is 16.5. The maximum Gasteiger partial charge on any atom is 0.325 e. The van der Waals surface area contributed by atoms with Gasteiger partial charge in [-0.15, -0.1) is 0 Å². The normalized spacial score (nSPS) is 34.2. The summed E-state index contributed by atoms with van der Waals surface area (Å²) >= 11 is 0. The fraction of sp³-hybridized carbons (Fsp3) is 0.909. The molecule has 2 fully saturated rings. The summed E-state index contributed by atoms with van der Waals surface area (Å²) in [6.45, 7) is 3.11. The van der Waals surface area contributed by atoms with Gasteiger partial charge < -0.3 is 9.84 Å². The number of fused-ring (bicyclic) bond motifs is 1. The van der Waals surface area contributed by atoms with Crippen molar-refractivity contribution in [2.75, 3.05) is 33.4 Å². The first-order valence-electron chi connectivity index (χ1n) is 5.92. The smallest absolute Gasteiger partial charge is 0.325 e. The van der Waals surface area contributed by atoms with Gasteiger partial charge in [-0.25, -0.2) is 0 Å². The third kappa shape index (κ3) is 1.83. The lowest BCUT2D eigenvalue weighted by Gasteiger charge is -2.32. The molecule has 2 aliphatic heterocycles. The number of aliphatic carboxylic acids is 1. The number of hydrogen-bond acceptors (Lipinski definition) is 4. The van der Waals surface area contributed by atoms with E-state index in [1.54, 1.807) is 7.11 Å². The number of methoxy groups -OCH3 is 1. The number of hydrogen-bond donors (Lipinski definition) is 2. The first-order chi connectivity index (χ1) is 7.70. The largest absolute Gasteiger partial charge is 0.480 e. The average Bonchev–Trinajstić information content (AvgIpc) is 2.81. The van der Waals surface area contributed by atoms with Crippen LogP contribution >= 0.6 is 0 Å². The second-order valence-electron chi connectivity index (χ2n) is 4.64. The van der Waals surface area contributed by atoms with Crippen molar-refractivity contribution >= 4 is 5.97 Å². The monoisotopic (exact) mass is 228 g/mol. The lowest BCUT2D eigenvalue weighted by molar-refractivity contribution is -0.145. The van der Waals surface area contributed by atoms with Crippen molar-refractivity contribution in [1.29, 1.82) is 0 Å². The molecule has 2 N–H and O–H groups in total. The topological polar surface area (TPSA) is 61.8 Å². The standard InChI is InChI=1S/C11H20N2O3/c1-16-8-5-12-11(10(14)15)4-7-13-6-2-3-9(11)13/h9,12H,2-8H2,1H3,(H,14,15). The molecule has 0 spiro atoms. The molecular formula is C11H20N2O3. The SMILES string of the molecule is COCCNC1(C(=O)O)CCN2CCCC21. The van der Waals surface area contributed by atoms with Gasteiger partial charge in [-0.05, 0) is 25.8 Å². The number of carboxylic acids is 1. The van der Waals surface area contributed by atoms with Crippen LogP contribution in [0.2, 0.25) is 0 Å². The molecule has 0 aromatic carbocycles. The van der Waals surface area contributed by atoms with Gasteiger partial charge >= 0.3 is 5.97 Å². The molecule has 16 heavy (non-hydrogen) atoms. The molecule has 0 aromatic rings. The Morgan fingerprint density at radius 2 is 2.44 bits per heavy atom. The fourth-order valence-electron chi connectivity index (χ4n) is 3.05. The average molecular weight is 228 g/mol. The van der Waals surface area contributed by atoms with E-state index in [9.17, 15) is 9.90 Å². The van der Waals surface area contributed by atoms with Gasteiger partial charge in [0.25, 0.3) is 0 Å². The van der Waals surface area contributed by atoms with Crippen LogP contribution in [0.15, 0.2) is 0 Å². The molecule has 2 saturated heterocycles. The van der Waals surface area contributed by atoms with E-state index in [2.05, 4.69) is 10.2 Å². The second kappa shape index (κ2) is 4.69. The van der Waals surface area contributed by atoms with Crippen LogP contribution < -0.4 is 5.32 Å². The third-order valence-corrected chi connectivity index (χ3v) is 3.85. The predicted molar refractivity (Wildman–Crippen MR) is 59.5 cm³/mol. The highest BCUT2D eigenvalue weighted by molar-refractivity contribution is 5.80. The second-order valence-corrected chi connectivity index (χ2v) is 4.64. The Balaban J connectivity index is 2.06. The number of carbonyl (C=O) groups is 1.